The Morgan fingerprint density at radius 1 is 1.08 bits per heavy atom. The van der Waals surface area contributed by atoms with Gasteiger partial charge in [-0.3, -0.25) is 9.59 Å². The third kappa shape index (κ3) is 4.69. The van der Waals surface area contributed by atoms with E-state index in [1.54, 1.807) is 24.3 Å². The van der Waals surface area contributed by atoms with Crippen LogP contribution in [0.5, 0.6) is 0 Å². The quantitative estimate of drug-likeness (QED) is 0.739. The minimum Gasteiger partial charge on any atom is -0.345 e. The van der Waals surface area contributed by atoms with E-state index in [-0.39, 0.29) is 23.8 Å². The molecule has 1 atom stereocenters. The summed E-state index contributed by atoms with van der Waals surface area (Å²) in [5.74, 6) is 0.118. The van der Waals surface area contributed by atoms with Gasteiger partial charge < -0.3 is 10.6 Å². The molecule has 1 fully saturated rings. The van der Waals surface area contributed by atoms with Crippen molar-refractivity contribution in [2.75, 3.05) is 5.32 Å². The van der Waals surface area contributed by atoms with Crippen LogP contribution < -0.4 is 10.6 Å². The van der Waals surface area contributed by atoms with Crippen LogP contribution in [0.1, 0.15) is 48.1 Å². The van der Waals surface area contributed by atoms with Crippen molar-refractivity contribution in [3.63, 3.8) is 0 Å². The molecule has 2 N–H and O–H groups in total. The molecule has 4 nitrogen and oxygen atoms in total. The van der Waals surface area contributed by atoms with Crippen molar-refractivity contribution in [3.8, 4) is 0 Å². The summed E-state index contributed by atoms with van der Waals surface area (Å²) in [4.78, 5) is 24.3. The second-order valence-corrected chi connectivity index (χ2v) is 7.24. The Kier molecular flexibility index (Phi) is 5.53. The van der Waals surface area contributed by atoms with Gasteiger partial charge in [-0.15, -0.1) is 0 Å². The van der Waals surface area contributed by atoms with Crippen molar-refractivity contribution >= 4 is 33.4 Å². The van der Waals surface area contributed by atoms with Crippen LogP contribution >= 0.6 is 15.9 Å². The number of carbonyl (C=O) groups excluding carboxylic acids is 2. The van der Waals surface area contributed by atoms with Crippen molar-refractivity contribution in [2.24, 2.45) is 5.92 Å². The Balaban J connectivity index is 1.63. The molecule has 3 rings (SSSR count). The normalized spacial score (nSPS) is 14.6. The van der Waals surface area contributed by atoms with Crippen LogP contribution in [0.15, 0.2) is 53.0 Å². The van der Waals surface area contributed by atoms with Gasteiger partial charge in [-0.2, -0.15) is 0 Å². The number of hydrogen-bond donors (Lipinski definition) is 2. The van der Waals surface area contributed by atoms with Gasteiger partial charge in [-0.05, 0) is 61.2 Å². The lowest BCUT2D eigenvalue weighted by molar-refractivity contribution is -0.117. The van der Waals surface area contributed by atoms with Crippen LogP contribution in [0.2, 0.25) is 0 Å². The lowest BCUT2D eigenvalue weighted by Crippen LogP contribution is -2.28. The maximum Gasteiger partial charge on any atom is 0.251 e. The highest BCUT2D eigenvalue weighted by Crippen LogP contribution is 2.30. The maximum atomic E-state index is 12.5. The molecule has 0 bridgehead atoms. The van der Waals surface area contributed by atoms with E-state index in [0.29, 0.717) is 5.56 Å². The van der Waals surface area contributed by atoms with Crippen LogP contribution in [-0.4, -0.2) is 11.8 Å². The summed E-state index contributed by atoms with van der Waals surface area (Å²) in [6.07, 6.45) is 2.75. The lowest BCUT2D eigenvalue weighted by atomic mass is 10.0. The first-order valence-electron chi connectivity index (χ1n) is 8.54. The number of hydrogen-bond acceptors (Lipinski definition) is 2. The summed E-state index contributed by atoms with van der Waals surface area (Å²) in [6, 6.07) is 15.0. The molecular weight excluding hydrogens is 380 g/mol. The van der Waals surface area contributed by atoms with Gasteiger partial charge in [0.05, 0.1) is 6.04 Å². The summed E-state index contributed by atoms with van der Waals surface area (Å²) in [5, 5.41) is 5.94. The van der Waals surface area contributed by atoms with Crippen molar-refractivity contribution in [1.29, 1.82) is 0 Å². The van der Waals surface area contributed by atoms with Gasteiger partial charge >= 0.3 is 0 Å². The van der Waals surface area contributed by atoms with Crippen molar-refractivity contribution in [1.82, 2.24) is 5.32 Å². The third-order valence-corrected chi connectivity index (χ3v) is 4.88. The van der Waals surface area contributed by atoms with Crippen molar-refractivity contribution < 1.29 is 9.59 Å². The molecule has 0 aromatic heterocycles. The maximum absolute atomic E-state index is 12.5. The molecule has 1 aliphatic rings. The predicted octanol–water partition coefficient (Wildman–Crippen LogP) is 4.68. The third-order valence-electron chi connectivity index (χ3n) is 4.35. The minimum absolute atomic E-state index is 0.0326. The van der Waals surface area contributed by atoms with Gasteiger partial charge in [0.15, 0.2) is 0 Å². The Morgan fingerprint density at radius 3 is 2.28 bits per heavy atom. The molecule has 130 valence electrons. The van der Waals surface area contributed by atoms with Crippen LogP contribution in [0.25, 0.3) is 0 Å². The standard InChI is InChI=1S/C20H21BrN2O2/c1-2-18(13-5-9-16(21)10-6-13)23-20(25)15-7-11-17(12-8-15)22-19(24)14-3-4-14/h5-12,14,18H,2-4H2,1H3,(H,22,24)(H,23,25). The molecule has 0 spiro atoms. The second-order valence-electron chi connectivity index (χ2n) is 6.33. The monoisotopic (exact) mass is 400 g/mol. The average molecular weight is 401 g/mol. The largest absolute Gasteiger partial charge is 0.345 e. The van der Waals surface area contributed by atoms with Gasteiger partial charge in [0.2, 0.25) is 5.91 Å². The second kappa shape index (κ2) is 7.83. The van der Waals surface area contributed by atoms with Crippen LogP contribution in [0.3, 0.4) is 0 Å². The molecule has 1 aliphatic carbocycles. The Bertz CT molecular complexity index is 752. The van der Waals surface area contributed by atoms with Crippen molar-refractivity contribution in [3.05, 3.63) is 64.1 Å². The summed E-state index contributed by atoms with van der Waals surface area (Å²) >= 11 is 3.42. The zero-order valence-corrected chi connectivity index (χ0v) is 15.7. The lowest BCUT2D eigenvalue weighted by Gasteiger charge is -2.18. The van der Waals surface area contributed by atoms with Gasteiger partial charge in [0.1, 0.15) is 0 Å². The van der Waals surface area contributed by atoms with E-state index in [1.165, 1.54) is 0 Å². The molecule has 25 heavy (non-hydrogen) atoms. The van der Waals surface area contributed by atoms with Gasteiger partial charge in [-0.1, -0.05) is 35.0 Å². The molecule has 1 saturated carbocycles. The van der Waals surface area contributed by atoms with E-state index in [4.69, 9.17) is 0 Å². The zero-order valence-electron chi connectivity index (χ0n) is 14.1. The summed E-state index contributed by atoms with van der Waals surface area (Å²) in [5.41, 5.74) is 2.39. The average Bonchev–Trinajstić information content (AvgIpc) is 3.46. The SMILES string of the molecule is CCC(NC(=O)c1ccc(NC(=O)C2CC2)cc1)c1ccc(Br)cc1. The fraction of sp³-hybridized carbons (Fsp3) is 0.300. The minimum atomic E-state index is -0.116. The fourth-order valence-corrected chi connectivity index (χ4v) is 2.92. The highest BCUT2D eigenvalue weighted by molar-refractivity contribution is 9.10. The summed E-state index contributed by atoms with van der Waals surface area (Å²) in [7, 11) is 0. The van der Waals surface area contributed by atoms with Gasteiger partial charge in [0, 0.05) is 21.6 Å². The number of amides is 2. The first-order valence-corrected chi connectivity index (χ1v) is 9.33. The highest BCUT2D eigenvalue weighted by atomic mass is 79.9. The topological polar surface area (TPSA) is 58.2 Å². The van der Waals surface area contributed by atoms with Crippen LogP contribution in [0, 0.1) is 5.92 Å². The van der Waals surface area contributed by atoms with Crippen LogP contribution in [0.4, 0.5) is 5.69 Å². The zero-order chi connectivity index (χ0) is 17.8. The van der Waals surface area contributed by atoms with Gasteiger partial charge in [0.25, 0.3) is 5.91 Å². The summed E-state index contributed by atoms with van der Waals surface area (Å²) in [6.45, 7) is 2.05. The molecule has 2 amide bonds. The number of nitrogens with one attached hydrogen (secondary N) is 2. The molecule has 2 aromatic rings. The van der Waals surface area contributed by atoms with E-state index < -0.39 is 0 Å². The Hall–Kier alpha value is -2.14. The number of anilines is 1. The fourth-order valence-electron chi connectivity index (χ4n) is 2.65. The molecule has 5 heteroatoms. The molecule has 0 saturated heterocycles. The Morgan fingerprint density at radius 2 is 1.72 bits per heavy atom. The number of carbonyl (C=O) groups is 2. The molecule has 0 aliphatic heterocycles. The number of benzene rings is 2. The first-order chi connectivity index (χ1) is 12.1. The van der Waals surface area contributed by atoms with E-state index in [0.717, 1.165) is 35.0 Å². The first kappa shape index (κ1) is 17.7. The molecule has 0 radical (unpaired) electrons. The van der Waals surface area contributed by atoms with E-state index in [1.807, 2.05) is 31.2 Å². The number of rotatable bonds is 6. The van der Waals surface area contributed by atoms with E-state index >= 15 is 0 Å². The molecular formula is C20H21BrN2O2. The summed E-state index contributed by atoms with van der Waals surface area (Å²) < 4.78 is 1.02. The molecule has 0 heterocycles. The predicted molar refractivity (Wildman–Crippen MR) is 102 cm³/mol. The highest BCUT2D eigenvalue weighted by Gasteiger charge is 2.29. The van der Waals surface area contributed by atoms with E-state index in [9.17, 15) is 9.59 Å². The molecule has 1 unspecified atom stereocenters. The van der Waals surface area contributed by atoms with Gasteiger partial charge in [-0.25, -0.2) is 0 Å². The van der Waals surface area contributed by atoms with Crippen LogP contribution in [-0.2, 0) is 4.79 Å². The van der Waals surface area contributed by atoms with E-state index in [2.05, 4.69) is 26.6 Å². The molecule has 2 aromatic carbocycles. The van der Waals surface area contributed by atoms with Crippen molar-refractivity contribution in [2.45, 2.75) is 32.2 Å². The number of halogens is 1. The smallest absolute Gasteiger partial charge is 0.251 e. The Labute approximate surface area is 156 Å².